The summed E-state index contributed by atoms with van der Waals surface area (Å²) in [6, 6.07) is 114. The molecule has 0 N–H and O–H groups in total. The van der Waals surface area contributed by atoms with Crippen LogP contribution in [0.2, 0.25) is 0 Å². The largest absolute Gasteiger partial charge is 0.311 e. The van der Waals surface area contributed by atoms with Crippen LogP contribution >= 0.6 is 0 Å². The first-order valence-corrected chi connectivity index (χ1v) is 26.8. The quantitative estimate of drug-likeness (QED) is 0.0871. The molecule has 0 unspecified atom stereocenters. The van der Waals surface area contributed by atoms with Crippen molar-refractivity contribution in [2.24, 2.45) is 0 Å². The molecule has 2 heteroatoms. The van der Waals surface area contributed by atoms with E-state index in [1.807, 2.05) is 0 Å². The van der Waals surface area contributed by atoms with Gasteiger partial charge in [-0.2, -0.15) is 0 Å². The van der Waals surface area contributed by atoms with Gasteiger partial charge in [-0.15, -0.1) is 0 Å². The smallest absolute Gasteiger partial charge is 0.179 e. The minimum atomic E-state index is -2.79. The average molecular weight is 950 g/mol. The molecule has 12 aromatic carbocycles. The number of benzene rings is 12. The second-order valence-electron chi connectivity index (χ2n) is 18.3. The molecule has 0 atom stereocenters. The van der Waals surface area contributed by atoms with Gasteiger partial charge in [0.15, 0.2) is 8.07 Å². The van der Waals surface area contributed by atoms with Gasteiger partial charge in [0.05, 0.1) is 0 Å². The van der Waals surface area contributed by atoms with Crippen LogP contribution in [0.5, 0.6) is 0 Å². The van der Waals surface area contributed by atoms with Crippen LogP contribution in [-0.4, -0.2) is 8.07 Å². The van der Waals surface area contributed by atoms with Gasteiger partial charge >= 0.3 is 0 Å². The Kier molecular flexibility index (Phi) is 13.1. The van der Waals surface area contributed by atoms with Gasteiger partial charge in [0.25, 0.3) is 0 Å². The molecule has 12 aromatic rings. The van der Waals surface area contributed by atoms with Gasteiger partial charge in [0, 0.05) is 17.1 Å². The monoisotopic (exact) mass is 949 g/mol. The van der Waals surface area contributed by atoms with Gasteiger partial charge in [-0.3, -0.25) is 0 Å². The Balaban J connectivity index is 0.00000574. The summed E-state index contributed by atoms with van der Waals surface area (Å²) < 4.78 is 0. The third-order valence-corrected chi connectivity index (χ3v) is 19.0. The van der Waals surface area contributed by atoms with Crippen LogP contribution in [0.15, 0.2) is 309 Å². The summed E-state index contributed by atoms with van der Waals surface area (Å²) >= 11 is 0. The zero-order valence-electron chi connectivity index (χ0n) is 39.9. The third kappa shape index (κ3) is 8.69. The average Bonchev–Trinajstić information content (AvgIpc) is 3.47. The lowest BCUT2D eigenvalue weighted by Crippen LogP contribution is -2.74. The van der Waals surface area contributed by atoms with Crippen molar-refractivity contribution in [3.05, 3.63) is 309 Å². The fourth-order valence-corrected chi connectivity index (χ4v) is 15.8. The number of fused-ring (bicyclic) bond motifs is 1. The maximum absolute atomic E-state index is 2.79. The molecule has 1 nitrogen and oxygen atoms in total. The molecule has 348 valence electrons. The van der Waals surface area contributed by atoms with E-state index >= 15 is 0 Å². The van der Waals surface area contributed by atoms with Crippen LogP contribution in [0.3, 0.4) is 0 Å². The molecule has 0 saturated carbocycles. The van der Waals surface area contributed by atoms with Crippen molar-refractivity contribution >= 4 is 56.7 Å². The van der Waals surface area contributed by atoms with Crippen LogP contribution in [0.4, 0.5) is 17.1 Å². The third-order valence-electron chi connectivity index (χ3n) is 14.2. The van der Waals surface area contributed by atoms with Crippen molar-refractivity contribution < 1.29 is 0 Å². The summed E-state index contributed by atoms with van der Waals surface area (Å²) in [5, 5.41) is 7.81. The number of nitrogens with zero attached hydrogens (tertiary/aromatic N) is 1. The highest BCUT2D eigenvalue weighted by Gasteiger charge is 2.41. The van der Waals surface area contributed by atoms with Crippen molar-refractivity contribution in [3.63, 3.8) is 0 Å². The van der Waals surface area contributed by atoms with Gasteiger partial charge < -0.3 is 4.90 Å². The van der Waals surface area contributed by atoms with Gasteiger partial charge in [0.2, 0.25) is 0 Å². The number of para-hydroxylation sites is 1. The fourth-order valence-electron chi connectivity index (χ4n) is 11.0. The minimum absolute atomic E-state index is 0. The lowest BCUT2D eigenvalue weighted by Gasteiger charge is -2.35. The molecular weight excluding hydrogens is 895 g/mol. The molecular formula is C71H55NSi. The molecule has 0 aliphatic carbocycles. The van der Waals surface area contributed by atoms with E-state index in [0.29, 0.717) is 0 Å². The SMILES string of the molecule is C.c1ccc(-c2c(-c3ccccc3)c(-c3ccccc3)c3cc(-c4ccc(N(c5ccccc5)c5cccc([Si](c6ccccc6)(c6ccccc6)c6ccccc6)c5)cc4)ccc3c2-c2ccccc2)cc1. The number of hydrogen-bond donors (Lipinski definition) is 0. The predicted molar refractivity (Wildman–Crippen MR) is 316 cm³/mol. The first-order chi connectivity index (χ1) is 35.8. The molecule has 0 heterocycles. The maximum atomic E-state index is 2.45. The van der Waals surface area contributed by atoms with E-state index in [4.69, 9.17) is 0 Å². The van der Waals surface area contributed by atoms with Gasteiger partial charge in [-0.25, -0.2) is 0 Å². The Morgan fingerprint density at radius 3 is 0.973 bits per heavy atom. The van der Waals surface area contributed by atoms with Gasteiger partial charge in [-0.1, -0.05) is 274 Å². The summed E-state index contributed by atoms with van der Waals surface area (Å²) in [5.74, 6) is 0. The summed E-state index contributed by atoms with van der Waals surface area (Å²) in [4.78, 5) is 2.41. The van der Waals surface area contributed by atoms with E-state index in [9.17, 15) is 0 Å². The molecule has 0 bridgehead atoms. The van der Waals surface area contributed by atoms with Crippen LogP contribution in [0.25, 0.3) is 66.4 Å². The summed E-state index contributed by atoms with van der Waals surface area (Å²) in [5.41, 5.74) is 15.3. The summed E-state index contributed by atoms with van der Waals surface area (Å²) in [7, 11) is -2.79. The Hall–Kier alpha value is -9.08. The summed E-state index contributed by atoms with van der Waals surface area (Å²) in [6.45, 7) is 0. The predicted octanol–water partition coefficient (Wildman–Crippen LogP) is 16.7. The number of rotatable bonds is 12. The second-order valence-corrected chi connectivity index (χ2v) is 22.2. The van der Waals surface area contributed by atoms with Crippen molar-refractivity contribution in [2.45, 2.75) is 7.43 Å². The van der Waals surface area contributed by atoms with Crippen molar-refractivity contribution in [1.29, 1.82) is 0 Å². The van der Waals surface area contributed by atoms with Gasteiger partial charge in [0.1, 0.15) is 0 Å². The van der Waals surface area contributed by atoms with Crippen LogP contribution in [0, 0.1) is 0 Å². The van der Waals surface area contributed by atoms with E-state index < -0.39 is 8.07 Å². The lowest BCUT2D eigenvalue weighted by molar-refractivity contribution is 1.29. The van der Waals surface area contributed by atoms with Crippen LogP contribution in [-0.2, 0) is 0 Å². The Bertz CT molecular complexity index is 3640. The zero-order chi connectivity index (χ0) is 48.1. The maximum Gasteiger partial charge on any atom is 0.179 e. The summed E-state index contributed by atoms with van der Waals surface area (Å²) in [6.07, 6.45) is 0. The molecule has 0 radical (unpaired) electrons. The minimum Gasteiger partial charge on any atom is -0.311 e. The Morgan fingerprint density at radius 2 is 0.534 bits per heavy atom. The van der Waals surface area contributed by atoms with Crippen molar-refractivity contribution in [3.8, 4) is 55.6 Å². The van der Waals surface area contributed by atoms with Gasteiger partial charge in [-0.05, 0) is 130 Å². The molecule has 0 spiro atoms. The van der Waals surface area contributed by atoms with E-state index in [1.165, 1.54) is 76.0 Å². The highest BCUT2D eigenvalue weighted by atomic mass is 28.3. The lowest BCUT2D eigenvalue weighted by atomic mass is 9.78. The molecule has 0 saturated heterocycles. The normalized spacial score (nSPS) is 11.2. The fraction of sp³-hybridized carbons (Fsp3) is 0.0141. The molecule has 12 rings (SSSR count). The van der Waals surface area contributed by atoms with Crippen molar-refractivity contribution in [1.82, 2.24) is 0 Å². The first-order valence-electron chi connectivity index (χ1n) is 24.8. The Morgan fingerprint density at radius 1 is 0.205 bits per heavy atom. The van der Waals surface area contributed by atoms with E-state index in [1.54, 1.807) is 0 Å². The molecule has 73 heavy (non-hydrogen) atoms. The molecule has 0 aliphatic heterocycles. The Labute approximate surface area is 431 Å². The number of hydrogen-bond acceptors (Lipinski definition) is 1. The number of anilines is 3. The molecule has 0 fully saturated rings. The van der Waals surface area contributed by atoms with Crippen LogP contribution in [0.1, 0.15) is 7.43 Å². The molecule has 0 amide bonds. The van der Waals surface area contributed by atoms with E-state index in [0.717, 1.165) is 28.2 Å². The van der Waals surface area contributed by atoms with Crippen LogP contribution < -0.4 is 25.6 Å². The molecule has 0 aromatic heterocycles. The second kappa shape index (κ2) is 20.7. The van der Waals surface area contributed by atoms with E-state index in [2.05, 4.69) is 314 Å². The molecule has 0 aliphatic rings. The first kappa shape index (κ1) is 46.3. The topological polar surface area (TPSA) is 3.24 Å². The highest BCUT2D eigenvalue weighted by molar-refractivity contribution is 7.19. The standard InChI is InChI=1S/C70H51NSi.CH4/c1-9-26-53(27-10-1)67-65-49-46-57(50-66(65)68(54-28-11-2-12-29-54)70(56-32-15-4-16-33-56)69(67)55-30-13-3-14-31-55)52-44-47-59(48-45-52)71(58-34-17-5-18-35-58)60-36-25-43-64(51-60)72(61-37-19-6-20-38-61,62-39-21-7-22-40-62)63-41-23-8-24-42-63;/h1-51H;1H4. The van der Waals surface area contributed by atoms with Crippen molar-refractivity contribution in [2.75, 3.05) is 4.90 Å². The van der Waals surface area contributed by atoms with E-state index in [-0.39, 0.29) is 7.43 Å². The zero-order valence-corrected chi connectivity index (χ0v) is 40.9. The highest BCUT2D eigenvalue weighted by Crippen LogP contribution is 2.51.